The smallest absolute Gasteiger partial charge is 0.119 e. The van der Waals surface area contributed by atoms with E-state index < -0.39 is 0 Å². The first-order valence-electron chi connectivity index (χ1n) is 14.4. The molecule has 2 nitrogen and oxygen atoms in total. The lowest BCUT2D eigenvalue weighted by Gasteiger charge is -2.09. The van der Waals surface area contributed by atoms with Crippen LogP contribution in [-0.2, 0) is 0 Å². The summed E-state index contributed by atoms with van der Waals surface area (Å²) in [6, 6.07) is 25.7. The standard InChI is InChI=1S/C34H46O2/c1-3-5-7-8-9-10-11-12-13-14-28-36-34-25-21-32(22-26-34)30-17-15-29(16-18-30)31-19-23-33(24-20-31)35-27-6-4-2/h15-26H,3-14,27-28H2,1-2H3. The van der Waals surface area contributed by atoms with Crippen molar-refractivity contribution >= 4 is 0 Å². The molecule has 0 saturated carbocycles. The molecule has 0 aromatic heterocycles. The Morgan fingerprint density at radius 3 is 1.06 bits per heavy atom. The van der Waals surface area contributed by atoms with Crippen molar-refractivity contribution in [2.24, 2.45) is 0 Å². The average Bonchev–Trinajstić information content (AvgIpc) is 2.93. The van der Waals surface area contributed by atoms with Gasteiger partial charge in [0.2, 0.25) is 0 Å². The molecule has 0 bridgehead atoms. The quantitative estimate of drug-likeness (QED) is 0.166. The van der Waals surface area contributed by atoms with Gasteiger partial charge in [-0.2, -0.15) is 0 Å². The second-order valence-corrected chi connectivity index (χ2v) is 9.86. The Hall–Kier alpha value is -2.74. The Morgan fingerprint density at radius 2 is 0.667 bits per heavy atom. The number of hydrogen-bond donors (Lipinski definition) is 0. The van der Waals surface area contributed by atoms with Crippen LogP contribution in [0.1, 0.15) is 90.9 Å². The van der Waals surface area contributed by atoms with E-state index in [2.05, 4.69) is 86.6 Å². The number of hydrogen-bond acceptors (Lipinski definition) is 2. The summed E-state index contributed by atoms with van der Waals surface area (Å²) < 4.78 is 11.8. The van der Waals surface area contributed by atoms with Crippen molar-refractivity contribution in [3.8, 4) is 33.8 Å². The monoisotopic (exact) mass is 486 g/mol. The zero-order valence-corrected chi connectivity index (χ0v) is 22.6. The molecule has 0 aliphatic carbocycles. The van der Waals surface area contributed by atoms with E-state index in [9.17, 15) is 0 Å². The molecule has 0 aliphatic heterocycles. The summed E-state index contributed by atoms with van der Waals surface area (Å²) in [4.78, 5) is 0. The predicted molar refractivity (Wildman–Crippen MR) is 155 cm³/mol. The first kappa shape index (κ1) is 27.8. The van der Waals surface area contributed by atoms with E-state index in [1.54, 1.807) is 0 Å². The van der Waals surface area contributed by atoms with Crippen LogP contribution >= 0.6 is 0 Å². The van der Waals surface area contributed by atoms with Crippen molar-refractivity contribution in [1.29, 1.82) is 0 Å². The minimum absolute atomic E-state index is 0.785. The molecule has 0 spiro atoms. The SMILES string of the molecule is CCCCCCCCCCCCOc1ccc(-c2ccc(-c3ccc(OCCCC)cc3)cc2)cc1. The molecule has 0 amide bonds. The van der Waals surface area contributed by atoms with E-state index in [0.29, 0.717) is 0 Å². The van der Waals surface area contributed by atoms with Gasteiger partial charge in [-0.25, -0.2) is 0 Å². The van der Waals surface area contributed by atoms with Crippen molar-refractivity contribution < 1.29 is 9.47 Å². The number of rotatable bonds is 18. The Bertz CT molecular complexity index is 942. The number of benzene rings is 3. The van der Waals surface area contributed by atoms with Gasteiger partial charge in [-0.1, -0.05) is 127 Å². The molecule has 0 radical (unpaired) electrons. The molecule has 36 heavy (non-hydrogen) atoms. The minimum atomic E-state index is 0.785. The van der Waals surface area contributed by atoms with E-state index in [1.807, 2.05) is 0 Å². The van der Waals surface area contributed by atoms with Gasteiger partial charge in [0.25, 0.3) is 0 Å². The fourth-order valence-electron chi connectivity index (χ4n) is 4.46. The van der Waals surface area contributed by atoms with Gasteiger partial charge in [-0.15, -0.1) is 0 Å². The maximum absolute atomic E-state index is 5.98. The minimum Gasteiger partial charge on any atom is -0.494 e. The third-order valence-corrected chi connectivity index (χ3v) is 6.79. The first-order valence-corrected chi connectivity index (χ1v) is 14.4. The number of ether oxygens (including phenoxy) is 2. The van der Waals surface area contributed by atoms with Crippen molar-refractivity contribution in [3.63, 3.8) is 0 Å². The molecular formula is C34H46O2. The summed E-state index contributed by atoms with van der Waals surface area (Å²) in [5.74, 6) is 1.91. The third-order valence-electron chi connectivity index (χ3n) is 6.79. The lowest BCUT2D eigenvalue weighted by molar-refractivity contribution is 0.304. The molecule has 2 heteroatoms. The van der Waals surface area contributed by atoms with Crippen LogP contribution in [0.15, 0.2) is 72.8 Å². The maximum Gasteiger partial charge on any atom is 0.119 e. The van der Waals surface area contributed by atoms with Gasteiger partial charge >= 0.3 is 0 Å². The molecule has 0 fully saturated rings. The van der Waals surface area contributed by atoms with Crippen molar-refractivity contribution in [3.05, 3.63) is 72.8 Å². The largest absolute Gasteiger partial charge is 0.494 e. The number of unbranched alkanes of at least 4 members (excludes halogenated alkanes) is 10. The van der Waals surface area contributed by atoms with Crippen LogP contribution in [0.2, 0.25) is 0 Å². The molecular weight excluding hydrogens is 440 g/mol. The second kappa shape index (κ2) is 16.8. The summed E-state index contributed by atoms with van der Waals surface area (Å²) in [5, 5.41) is 0. The molecule has 194 valence electrons. The van der Waals surface area contributed by atoms with Gasteiger partial charge in [0.1, 0.15) is 11.5 Å². The Labute approximate surface area is 220 Å². The Balaban J connectivity index is 1.36. The van der Waals surface area contributed by atoms with Gasteiger partial charge in [-0.05, 0) is 59.4 Å². The third kappa shape index (κ3) is 10.1. The molecule has 0 N–H and O–H groups in total. The molecule has 0 aliphatic rings. The second-order valence-electron chi connectivity index (χ2n) is 9.86. The molecule has 0 saturated heterocycles. The van der Waals surface area contributed by atoms with E-state index >= 15 is 0 Å². The molecule has 0 heterocycles. The van der Waals surface area contributed by atoms with E-state index in [0.717, 1.165) is 44.0 Å². The van der Waals surface area contributed by atoms with E-state index in [1.165, 1.54) is 80.0 Å². The molecule has 0 unspecified atom stereocenters. The summed E-state index contributed by atoms with van der Waals surface area (Å²) >= 11 is 0. The summed E-state index contributed by atoms with van der Waals surface area (Å²) in [5.41, 5.74) is 4.86. The van der Waals surface area contributed by atoms with Gasteiger partial charge in [-0.3, -0.25) is 0 Å². The lowest BCUT2D eigenvalue weighted by atomic mass is 10.0. The van der Waals surface area contributed by atoms with Crippen LogP contribution in [0.5, 0.6) is 11.5 Å². The molecule has 3 aromatic rings. The van der Waals surface area contributed by atoms with Crippen molar-refractivity contribution in [1.82, 2.24) is 0 Å². The Morgan fingerprint density at radius 1 is 0.361 bits per heavy atom. The summed E-state index contributed by atoms with van der Waals surface area (Å²) in [6.07, 6.45) is 15.7. The van der Waals surface area contributed by atoms with Gasteiger partial charge in [0.05, 0.1) is 13.2 Å². The highest BCUT2D eigenvalue weighted by Crippen LogP contribution is 2.27. The summed E-state index contributed by atoms with van der Waals surface area (Å²) in [7, 11) is 0. The maximum atomic E-state index is 5.98. The van der Waals surface area contributed by atoms with Crippen LogP contribution in [0.25, 0.3) is 22.3 Å². The van der Waals surface area contributed by atoms with Gasteiger partial charge in [0, 0.05) is 0 Å². The molecule has 3 rings (SSSR count). The van der Waals surface area contributed by atoms with Crippen molar-refractivity contribution in [2.75, 3.05) is 13.2 Å². The zero-order chi connectivity index (χ0) is 25.3. The highest BCUT2D eigenvalue weighted by Gasteiger charge is 2.03. The van der Waals surface area contributed by atoms with Crippen LogP contribution in [-0.4, -0.2) is 13.2 Å². The fourth-order valence-corrected chi connectivity index (χ4v) is 4.46. The van der Waals surface area contributed by atoms with Crippen LogP contribution in [0.4, 0.5) is 0 Å². The first-order chi connectivity index (χ1) is 17.8. The average molecular weight is 487 g/mol. The Kier molecular flexibility index (Phi) is 13.0. The molecule has 0 atom stereocenters. The fraction of sp³-hybridized carbons (Fsp3) is 0.471. The van der Waals surface area contributed by atoms with Gasteiger partial charge < -0.3 is 9.47 Å². The normalized spacial score (nSPS) is 10.9. The van der Waals surface area contributed by atoms with Gasteiger partial charge in [0.15, 0.2) is 0 Å². The molecule has 3 aromatic carbocycles. The zero-order valence-electron chi connectivity index (χ0n) is 22.6. The lowest BCUT2D eigenvalue weighted by Crippen LogP contribution is -1.97. The van der Waals surface area contributed by atoms with Crippen LogP contribution < -0.4 is 9.47 Å². The van der Waals surface area contributed by atoms with Crippen LogP contribution in [0.3, 0.4) is 0 Å². The van der Waals surface area contributed by atoms with E-state index in [4.69, 9.17) is 9.47 Å². The highest BCUT2D eigenvalue weighted by atomic mass is 16.5. The predicted octanol–water partition coefficient (Wildman–Crippen LogP) is 10.5. The van der Waals surface area contributed by atoms with Crippen molar-refractivity contribution in [2.45, 2.75) is 90.9 Å². The topological polar surface area (TPSA) is 18.5 Å². The summed E-state index contributed by atoms with van der Waals surface area (Å²) in [6.45, 7) is 6.06. The van der Waals surface area contributed by atoms with Crippen LogP contribution in [0, 0.1) is 0 Å². The van der Waals surface area contributed by atoms with E-state index in [-0.39, 0.29) is 0 Å². The highest BCUT2D eigenvalue weighted by molar-refractivity contribution is 5.71.